The van der Waals surface area contributed by atoms with E-state index in [2.05, 4.69) is 4.98 Å². The van der Waals surface area contributed by atoms with Gasteiger partial charge in [-0.2, -0.15) is 0 Å². The number of fused-ring (bicyclic) bond motifs is 1. The highest BCUT2D eigenvalue weighted by atomic mass is 16.3. The molecular formula is C16H18N2O2. The number of para-hydroxylation sites is 2. The van der Waals surface area contributed by atoms with Crippen molar-refractivity contribution in [2.75, 3.05) is 13.1 Å². The van der Waals surface area contributed by atoms with Gasteiger partial charge in [-0.15, -0.1) is 0 Å². The summed E-state index contributed by atoms with van der Waals surface area (Å²) in [6, 6.07) is 7.83. The number of allylic oxidation sites excluding steroid dienone is 1. The highest BCUT2D eigenvalue weighted by Crippen LogP contribution is 2.29. The van der Waals surface area contributed by atoms with Crippen molar-refractivity contribution in [2.24, 2.45) is 0 Å². The summed E-state index contributed by atoms with van der Waals surface area (Å²) in [5, 5.41) is 0. The molecule has 2 heterocycles. The van der Waals surface area contributed by atoms with Crippen LogP contribution in [0.15, 0.2) is 40.8 Å². The second-order valence-corrected chi connectivity index (χ2v) is 5.12. The largest absolute Gasteiger partial charge is 0.440 e. The molecule has 4 heteroatoms. The fraction of sp³-hybridized carbons (Fsp3) is 0.375. The lowest BCUT2D eigenvalue weighted by molar-refractivity contribution is -0.127. The molecular weight excluding hydrogens is 252 g/mol. The molecule has 0 spiro atoms. The second kappa shape index (κ2) is 5.49. The number of piperidine rings is 1. The van der Waals surface area contributed by atoms with Crippen LogP contribution in [0.4, 0.5) is 0 Å². The van der Waals surface area contributed by atoms with Crippen LogP contribution in [-0.2, 0) is 4.79 Å². The number of aromatic nitrogens is 1. The molecule has 0 aliphatic carbocycles. The Hall–Kier alpha value is -2.10. The predicted octanol–water partition coefficient (Wildman–Crippen LogP) is 3.11. The SMILES string of the molecule is C/C=C/C(=O)N1CCC(c2nc3ccccc3o2)CC1. The maximum absolute atomic E-state index is 11.8. The van der Waals surface area contributed by atoms with Gasteiger partial charge >= 0.3 is 0 Å². The van der Waals surface area contributed by atoms with Crippen LogP contribution in [0.25, 0.3) is 11.1 Å². The van der Waals surface area contributed by atoms with E-state index in [1.165, 1.54) is 0 Å². The van der Waals surface area contributed by atoms with Crippen molar-refractivity contribution < 1.29 is 9.21 Å². The summed E-state index contributed by atoms with van der Waals surface area (Å²) in [7, 11) is 0. The Morgan fingerprint density at radius 2 is 2.10 bits per heavy atom. The van der Waals surface area contributed by atoms with Crippen LogP contribution in [0.2, 0.25) is 0 Å². The number of nitrogens with zero attached hydrogens (tertiary/aromatic N) is 2. The van der Waals surface area contributed by atoms with Crippen molar-refractivity contribution in [1.82, 2.24) is 9.88 Å². The van der Waals surface area contributed by atoms with Crippen LogP contribution in [0.3, 0.4) is 0 Å². The zero-order valence-electron chi connectivity index (χ0n) is 11.6. The van der Waals surface area contributed by atoms with Gasteiger partial charge in [-0.3, -0.25) is 4.79 Å². The van der Waals surface area contributed by atoms with Crippen LogP contribution in [0.5, 0.6) is 0 Å². The van der Waals surface area contributed by atoms with E-state index in [-0.39, 0.29) is 5.91 Å². The Kier molecular flexibility index (Phi) is 3.54. The molecule has 0 unspecified atom stereocenters. The van der Waals surface area contributed by atoms with Gasteiger partial charge in [-0.05, 0) is 38.0 Å². The van der Waals surface area contributed by atoms with Crippen molar-refractivity contribution in [3.63, 3.8) is 0 Å². The van der Waals surface area contributed by atoms with Gasteiger partial charge in [-0.1, -0.05) is 18.2 Å². The summed E-state index contributed by atoms with van der Waals surface area (Å²) >= 11 is 0. The van der Waals surface area contributed by atoms with E-state index in [1.807, 2.05) is 36.1 Å². The molecule has 1 aromatic carbocycles. The van der Waals surface area contributed by atoms with Crippen LogP contribution in [0.1, 0.15) is 31.6 Å². The normalized spacial score (nSPS) is 17.1. The molecule has 1 saturated heterocycles. The number of amides is 1. The molecule has 1 fully saturated rings. The molecule has 1 aliphatic heterocycles. The number of benzene rings is 1. The molecule has 2 aromatic rings. The molecule has 0 bridgehead atoms. The Morgan fingerprint density at radius 1 is 1.35 bits per heavy atom. The standard InChI is InChI=1S/C16H18N2O2/c1-2-5-15(19)18-10-8-12(9-11-18)16-17-13-6-3-4-7-14(13)20-16/h2-7,12H,8-11H2,1H3/b5-2+. The maximum atomic E-state index is 11.8. The lowest BCUT2D eigenvalue weighted by atomic mass is 9.97. The molecule has 0 radical (unpaired) electrons. The molecule has 20 heavy (non-hydrogen) atoms. The lowest BCUT2D eigenvalue weighted by Gasteiger charge is -2.29. The van der Waals surface area contributed by atoms with E-state index in [0.29, 0.717) is 5.92 Å². The van der Waals surface area contributed by atoms with Crippen molar-refractivity contribution in [3.05, 3.63) is 42.3 Å². The first-order valence-corrected chi connectivity index (χ1v) is 7.05. The monoisotopic (exact) mass is 270 g/mol. The molecule has 0 N–H and O–H groups in total. The van der Waals surface area contributed by atoms with Crippen molar-refractivity contribution in [2.45, 2.75) is 25.7 Å². The first kappa shape index (κ1) is 12.9. The molecule has 0 saturated carbocycles. The highest BCUT2D eigenvalue weighted by Gasteiger charge is 2.26. The van der Waals surface area contributed by atoms with Gasteiger partial charge in [0, 0.05) is 19.0 Å². The number of rotatable bonds is 2. The van der Waals surface area contributed by atoms with Gasteiger partial charge < -0.3 is 9.32 Å². The molecule has 1 aromatic heterocycles. The van der Waals surface area contributed by atoms with Crippen LogP contribution in [-0.4, -0.2) is 28.9 Å². The van der Waals surface area contributed by atoms with Gasteiger partial charge in [0.1, 0.15) is 5.52 Å². The lowest BCUT2D eigenvalue weighted by Crippen LogP contribution is -2.36. The molecule has 104 valence electrons. The van der Waals surface area contributed by atoms with Gasteiger partial charge in [0.25, 0.3) is 0 Å². The van der Waals surface area contributed by atoms with Gasteiger partial charge in [0.2, 0.25) is 5.91 Å². The molecule has 1 aliphatic rings. The summed E-state index contributed by atoms with van der Waals surface area (Å²) in [4.78, 5) is 18.2. The first-order valence-electron chi connectivity index (χ1n) is 7.05. The van der Waals surface area contributed by atoms with E-state index < -0.39 is 0 Å². The fourth-order valence-corrected chi connectivity index (χ4v) is 2.66. The number of likely N-dealkylation sites (tertiary alicyclic amines) is 1. The zero-order valence-corrected chi connectivity index (χ0v) is 11.6. The van der Waals surface area contributed by atoms with E-state index in [4.69, 9.17) is 4.42 Å². The minimum Gasteiger partial charge on any atom is -0.440 e. The molecule has 4 nitrogen and oxygen atoms in total. The fourth-order valence-electron chi connectivity index (χ4n) is 2.66. The van der Waals surface area contributed by atoms with Crippen molar-refractivity contribution in [3.8, 4) is 0 Å². The summed E-state index contributed by atoms with van der Waals surface area (Å²) < 4.78 is 5.82. The van der Waals surface area contributed by atoms with E-state index in [1.54, 1.807) is 12.2 Å². The first-order chi connectivity index (χ1) is 9.78. The van der Waals surface area contributed by atoms with E-state index in [0.717, 1.165) is 42.9 Å². The Bertz CT molecular complexity index is 604. The van der Waals surface area contributed by atoms with Gasteiger partial charge in [-0.25, -0.2) is 4.98 Å². The molecule has 0 atom stereocenters. The number of carbonyl (C=O) groups is 1. The number of oxazole rings is 1. The van der Waals surface area contributed by atoms with Gasteiger partial charge in [0.15, 0.2) is 11.5 Å². The summed E-state index contributed by atoms with van der Waals surface area (Å²) in [6.45, 7) is 3.40. The number of carbonyl (C=O) groups excluding carboxylic acids is 1. The molecule has 3 rings (SSSR count). The third-order valence-corrected chi connectivity index (χ3v) is 3.78. The highest BCUT2D eigenvalue weighted by molar-refractivity contribution is 5.87. The van der Waals surface area contributed by atoms with Crippen molar-refractivity contribution in [1.29, 1.82) is 0 Å². The van der Waals surface area contributed by atoms with E-state index >= 15 is 0 Å². The average molecular weight is 270 g/mol. The van der Waals surface area contributed by atoms with E-state index in [9.17, 15) is 4.79 Å². The molecule has 1 amide bonds. The third-order valence-electron chi connectivity index (χ3n) is 3.78. The Balaban J connectivity index is 1.70. The minimum absolute atomic E-state index is 0.100. The van der Waals surface area contributed by atoms with Gasteiger partial charge in [0.05, 0.1) is 0 Å². The maximum Gasteiger partial charge on any atom is 0.246 e. The third kappa shape index (κ3) is 2.46. The summed E-state index contributed by atoms with van der Waals surface area (Å²) in [5.74, 6) is 1.23. The summed E-state index contributed by atoms with van der Waals surface area (Å²) in [6.07, 6.45) is 5.24. The van der Waals surface area contributed by atoms with Crippen molar-refractivity contribution >= 4 is 17.0 Å². The second-order valence-electron chi connectivity index (χ2n) is 5.12. The predicted molar refractivity (Wildman–Crippen MR) is 77.4 cm³/mol. The smallest absolute Gasteiger partial charge is 0.246 e. The zero-order chi connectivity index (χ0) is 13.9. The number of hydrogen-bond donors (Lipinski definition) is 0. The van der Waals surface area contributed by atoms with Crippen LogP contribution in [0, 0.1) is 0 Å². The Labute approximate surface area is 118 Å². The van der Waals surface area contributed by atoms with Crippen LogP contribution >= 0.6 is 0 Å². The minimum atomic E-state index is 0.100. The summed E-state index contributed by atoms with van der Waals surface area (Å²) in [5.41, 5.74) is 1.75. The topological polar surface area (TPSA) is 46.3 Å². The number of hydrogen-bond acceptors (Lipinski definition) is 3. The quantitative estimate of drug-likeness (QED) is 0.788. The van der Waals surface area contributed by atoms with Crippen LogP contribution < -0.4 is 0 Å². The Morgan fingerprint density at radius 3 is 2.80 bits per heavy atom. The average Bonchev–Trinajstić information content (AvgIpc) is 2.91.